The summed E-state index contributed by atoms with van der Waals surface area (Å²) in [5.41, 5.74) is -0.237. The number of hydrogen-bond donors (Lipinski definition) is 3. The van der Waals surface area contributed by atoms with Crippen molar-refractivity contribution in [3.8, 4) is 0 Å². The highest BCUT2D eigenvalue weighted by molar-refractivity contribution is 5.74. The first kappa shape index (κ1) is 15.9. The van der Waals surface area contributed by atoms with E-state index in [4.69, 9.17) is 9.15 Å². The molecular weight excluding hydrogens is 272 g/mol. The van der Waals surface area contributed by atoms with Crippen LogP contribution >= 0.6 is 0 Å². The predicted molar refractivity (Wildman–Crippen MR) is 77.8 cm³/mol. The second-order valence-corrected chi connectivity index (χ2v) is 5.90. The summed E-state index contributed by atoms with van der Waals surface area (Å²) in [5.74, 6) is 0.656. The Morgan fingerprint density at radius 3 is 3.10 bits per heavy atom. The summed E-state index contributed by atoms with van der Waals surface area (Å²) < 4.78 is 10.4. The van der Waals surface area contributed by atoms with Gasteiger partial charge in [0.2, 0.25) is 0 Å². The SMILES string of the molecule is COCC(NC(=O)NC1CCCC1(C)CO)c1ccco1. The van der Waals surface area contributed by atoms with Crippen molar-refractivity contribution < 1.29 is 19.1 Å². The molecule has 1 fully saturated rings. The third-order valence-corrected chi connectivity index (χ3v) is 4.27. The van der Waals surface area contributed by atoms with E-state index in [2.05, 4.69) is 10.6 Å². The van der Waals surface area contributed by atoms with Gasteiger partial charge in [0.05, 0.1) is 19.5 Å². The van der Waals surface area contributed by atoms with Gasteiger partial charge in [-0.2, -0.15) is 0 Å². The molecule has 0 spiro atoms. The molecule has 3 atom stereocenters. The van der Waals surface area contributed by atoms with Gasteiger partial charge >= 0.3 is 6.03 Å². The summed E-state index contributed by atoms with van der Waals surface area (Å²) in [6.07, 6.45) is 4.40. The van der Waals surface area contributed by atoms with Crippen LogP contribution in [0.5, 0.6) is 0 Å². The molecule has 1 aromatic rings. The Bertz CT molecular complexity index is 449. The van der Waals surface area contributed by atoms with Crippen molar-refractivity contribution in [2.24, 2.45) is 5.41 Å². The fourth-order valence-corrected chi connectivity index (χ4v) is 2.88. The number of hydrogen-bond acceptors (Lipinski definition) is 4. The van der Waals surface area contributed by atoms with Crippen LogP contribution in [0.25, 0.3) is 0 Å². The Morgan fingerprint density at radius 2 is 2.48 bits per heavy atom. The lowest BCUT2D eigenvalue weighted by atomic mass is 9.86. The molecule has 2 rings (SSSR count). The number of carbonyl (C=O) groups excluding carboxylic acids is 1. The van der Waals surface area contributed by atoms with E-state index in [1.54, 1.807) is 25.5 Å². The second kappa shape index (κ2) is 6.95. The number of nitrogens with one attached hydrogen (secondary N) is 2. The van der Waals surface area contributed by atoms with Crippen molar-refractivity contribution in [2.45, 2.75) is 38.3 Å². The molecule has 1 aliphatic rings. The van der Waals surface area contributed by atoms with Crippen LogP contribution in [-0.4, -0.2) is 37.5 Å². The van der Waals surface area contributed by atoms with Crippen LogP contribution in [0.15, 0.2) is 22.8 Å². The second-order valence-electron chi connectivity index (χ2n) is 5.90. The van der Waals surface area contributed by atoms with Gasteiger partial charge in [0.15, 0.2) is 0 Å². The van der Waals surface area contributed by atoms with Gasteiger partial charge in [-0.15, -0.1) is 0 Å². The lowest BCUT2D eigenvalue weighted by Gasteiger charge is -2.30. The van der Waals surface area contributed by atoms with Gasteiger partial charge in [-0.05, 0) is 25.0 Å². The fourth-order valence-electron chi connectivity index (χ4n) is 2.88. The molecule has 6 nitrogen and oxygen atoms in total. The summed E-state index contributed by atoms with van der Waals surface area (Å²) in [6.45, 7) is 2.42. The van der Waals surface area contributed by atoms with Crippen molar-refractivity contribution in [1.29, 1.82) is 0 Å². The summed E-state index contributed by atoms with van der Waals surface area (Å²) in [4.78, 5) is 12.2. The molecule has 0 aliphatic heterocycles. The maximum atomic E-state index is 12.2. The van der Waals surface area contributed by atoms with Crippen molar-refractivity contribution in [3.05, 3.63) is 24.2 Å². The third-order valence-electron chi connectivity index (χ3n) is 4.27. The van der Waals surface area contributed by atoms with E-state index in [1.165, 1.54) is 0 Å². The molecule has 0 radical (unpaired) electrons. The zero-order valence-corrected chi connectivity index (χ0v) is 12.6. The lowest BCUT2D eigenvalue weighted by molar-refractivity contribution is 0.118. The van der Waals surface area contributed by atoms with Crippen LogP contribution in [0.4, 0.5) is 4.79 Å². The smallest absolute Gasteiger partial charge is 0.315 e. The predicted octanol–water partition coefficient (Wildman–Crippen LogP) is 1.82. The molecule has 2 amide bonds. The minimum atomic E-state index is -0.327. The van der Waals surface area contributed by atoms with Crippen LogP contribution in [0.2, 0.25) is 0 Å². The topological polar surface area (TPSA) is 83.7 Å². The van der Waals surface area contributed by atoms with Crippen molar-refractivity contribution >= 4 is 6.03 Å². The summed E-state index contributed by atoms with van der Waals surface area (Å²) in [7, 11) is 1.58. The van der Waals surface area contributed by atoms with Crippen LogP contribution in [0.1, 0.15) is 38.0 Å². The Hall–Kier alpha value is -1.53. The number of aliphatic hydroxyl groups is 1. The minimum Gasteiger partial charge on any atom is -0.467 e. The summed E-state index contributed by atoms with van der Waals surface area (Å²) >= 11 is 0. The quantitative estimate of drug-likeness (QED) is 0.747. The number of methoxy groups -OCH3 is 1. The Balaban J connectivity index is 1.93. The molecule has 3 N–H and O–H groups in total. The normalized spacial score (nSPS) is 26.5. The molecule has 1 aliphatic carbocycles. The average Bonchev–Trinajstić information content (AvgIpc) is 3.10. The first-order valence-electron chi connectivity index (χ1n) is 7.29. The Labute approximate surface area is 124 Å². The van der Waals surface area contributed by atoms with Gasteiger partial charge in [0.1, 0.15) is 11.8 Å². The zero-order chi connectivity index (χ0) is 15.3. The summed E-state index contributed by atoms with van der Waals surface area (Å²) in [5, 5.41) is 15.3. The van der Waals surface area contributed by atoms with Gasteiger partial charge in [0, 0.05) is 18.6 Å². The van der Waals surface area contributed by atoms with E-state index in [0.29, 0.717) is 12.4 Å². The van der Waals surface area contributed by atoms with Crippen LogP contribution in [0.3, 0.4) is 0 Å². The van der Waals surface area contributed by atoms with E-state index >= 15 is 0 Å². The highest BCUT2D eigenvalue weighted by Crippen LogP contribution is 2.37. The molecule has 118 valence electrons. The zero-order valence-electron chi connectivity index (χ0n) is 12.6. The Kier molecular flexibility index (Phi) is 5.25. The molecule has 0 bridgehead atoms. The number of carbonyl (C=O) groups is 1. The molecule has 6 heteroatoms. The van der Waals surface area contributed by atoms with Gasteiger partial charge in [-0.25, -0.2) is 4.79 Å². The first-order valence-corrected chi connectivity index (χ1v) is 7.29. The number of urea groups is 1. The van der Waals surface area contributed by atoms with Crippen molar-refractivity contribution in [1.82, 2.24) is 10.6 Å². The first-order chi connectivity index (χ1) is 10.1. The van der Waals surface area contributed by atoms with Crippen molar-refractivity contribution in [3.63, 3.8) is 0 Å². The van der Waals surface area contributed by atoms with E-state index < -0.39 is 0 Å². The molecule has 0 aromatic carbocycles. The number of furan rings is 1. The molecule has 1 saturated carbocycles. The van der Waals surface area contributed by atoms with Gasteiger partial charge in [-0.1, -0.05) is 13.3 Å². The highest BCUT2D eigenvalue weighted by Gasteiger charge is 2.39. The average molecular weight is 296 g/mol. The molecule has 1 aromatic heterocycles. The van der Waals surface area contributed by atoms with Crippen molar-refractivity contribution in [2.75, 3.05) is 20.3 Å². The van der Waals surface area contributed by atoms with Crippen LogP contribution in [0, 0.1) is 5.41 Å². The minimum absolute atomic E-state index is 0.0118. The van der Waals surface area contributed by atoms with Gasteiger partial charge in [0.25, 0.3) is 0 Å². The molecular formula is C15H24N2O4. The molecule has 1 heterocycles. The van der Waals surface area contributed by atoms with Crippen LogP contribution < -0.4 is 10.6 Å². The number of rotatable bonds is 6. The van der Waals surface area contributed by atoms with E-state index in [1.807, 2.05) is 6.92 Å². The van der Waals surface area contributed by atoms with E-state index in [-0.39, 0.29) is 30.1 Å². The lowest BCUT2D eigenvalue weighted by Crippen LogP contribution is -2.49. The standard InChI is InChI=1S/C15H24N2O4/c1-15(10-18)7-3-6-13(15)17-14(19)16-11(9-20-2)12-5-4-8-21-12/h4-5,8,11,13,18H,3,6-7,9-10H2,1-2H3,(H2,16,17,19). The highest BCUT2D eigenvalue weighted by atomic mass is 16.5. The maximum Gasteiger partial charge on any atom is 0.315 e. The Morgan fingerprint density at radius 1 is 1.67 bits per heavy atom. The number of amides is 2. The maximum absolute atomic E-state index is 12.2. The van der Waals surface area contributed by atoms with E-state index in [0.717, 1.165) is 19.3 Å². The largest absolute Gasteiger partial charge is 0.467 e. The number of aliphatic hydroxyl groups excluding tert-OH is 1. The fraction of sp³-hybridized carbons (Fsp3) is 0.667. The molecule has 3 unspecified atom stereocenters. The van der Waals surface area contributed by atoms with Gasteiger partial charge < -0.3 is 24.9 Å². The van der Waals surface area contributed by atoms with Crippen LogP contribution in [-0.2, 0) is 4.74 Å². The van der Waals surface area contributed by atoms with Gasteiger partial charge in [-0.3, -0.25) is 0 Å². The molecule has 0 saturated heterocycles. The monoisotopic (exact) mass is 296 g/mol. The number of ether oxygens (including phenoxy) is 1. The van der Waals surface area contributed by atoms with E-state index in [9.17, 15) is 9.90 Å². The third kappa shape index (κ3) is 3.77. The molecule has 21 heavy (non-hydrogen) atoms. The summed E-state index contributed by atoms with van der Waals surface area (Å²) in [6, 6.07) is 2.98.